The van der Waals surface area contributed by atoms with Gasteiger partial charge in [0.05, 0.1) is 0 Å². The molecule has 0 spiro atoms. The minimum absolute atomic E-state index is 0.00862. The third kappa shape index (κ3) is 7.56. The van der Waals surface area contributed by atoms with Gasteiger partial charge in [0, 0.05) is 19.4 Å². The van der Waals surface area contributed by atoms with Crippen LogP contribution in [0.1, 0.15) is 44.6 Å². The summed E-state index contributed by atoms with van der Waals surface area (Å²) in [4.78, 5) is 22.9. The number of carbonyl (C=O) groups is 2. The normalized spacial score (nSPS) is 10.1. The van der Waals surface area contributed by atoms with Crippen LogP contribution in [0.25, 0.3) is 0 Å². The highest BCUT2D eigenvalue weighted by Crippen LogP contribution is 2.04. The predicted molar refractivity (Wildman–Crippen MR) is 78.0 cm³/mol. The fraction of sp³-hybridized carbons (Fsp3) is 0.500. The van der Waals surface area contributed by atoms with Gasteiger partial charge in [-0.25, -0.2) is 0 Å². The standard InChI is InChI=1S/C16H23NO3/c1-2-3-12-17-15(18)10-7-11-16(19)20-13-14-8-5-4-6-9-14/h4-6,8-9H,2-3,7,10-13H2,1H3,(H,17,18). The van der Waals surface area contributed by atoms with Gasteiger partial charge in [-0.1, -0.05) is 43.7 Å². The van der Waals surface area contributed by atoms with E-state index in [1.165, 1.54) is 0 Å². The molecule has 0 atom stereocenters. The Balaban J connectivity index is 2.07. The summed E-state index contributed by atoms with van der Waals surface area (Å²) in [6.45, 7) is 3.09. The number of rotatable bonds is 9. The topological polar surface area (TPSA) is 55.4 Å². The Morgan fingerprint density at radius 3 is 2.55 bits per heavy atom. The SMILES string of the molecule is CCCCNC(=O)CCCC(=O)OCc1ccccc1. The van der Waals surface area contributed by atoms with Crippen molar-refractivity contribution in [2.24, 2.45) is 0 Å². The summed E-state index contributed by atoms with van der Waals surface area (Å²) < 4.78 is 5.14. The second kappa shape index (κ2) is 10.0. The predicted octanol–water partition coefficient (Wildman–Crippen LogP) is 2.82. The number of benzene rings is 1. The summed E-state index contributed by atoms with van der Waals surface area (Å²) in [5.74, 6) is -0.246. The lowest BCUT2D eigenvalue weighted by molar-refractivity contribution is -0.145. The number of unbranched alkanes of at least 4 members (excludes halogenated alkanes) is 1. The zero-order chi connectivity index (χ0) is 14.6. The number of hydrogen-bond donors (Lipinski definition) is 1. The first kappa shape index (κ1) is 16.2. The molecule has 110 valence electrons. The lowest BCUT2D eigenvalue weighted by Crippen LogP contribution is -2.24. The van der Waals surface area contributed by atoms with E-state index in [4.69, 9.17) is 4.74 Å². The molecule has 4 heteroatoms. The van der Waals surface area contributed by atoms with Crippen LogP contribution in [0, 0.1) is 0 Å². The van der Waals surface area contributed by atoms with Gasteiger partial charge in [-0.05, 0) is 18.4 Å². The molecule has 0 heterocycles. The van der Waals surface area contributed by atoms with Gasteiger partial charge in [0.15, 0.2) is 0 Å². The summed E-state index contributed by atoms with van der Waals surface area (Å²) in [6.07, 6.45) is 3.25. The molecule has 0 saturated heterocycles. The van der Waals surface area contributed by atoms with Crippen LogP contribution >= 0.6 is 0 Å². The number of hydrogen-bond acceptors (Lipinski definition) is 3. The minimum atomic E-state index is -0.254. The van der Waals surface area contributed by atoms with Gasteiger partial charge in [-0.2, -0.15) is 0 Å². The van der Waals surface area contributed by atoms with E-state index in [2.05, 4.69) is 12.2 Å². The van der Waals surface area contributed by atoms with E-state index in [1.54, 1.807) is 0 Å². The molecule has 4 nitrogen and oxygen atoms in total. The zero-order valence-corrected chi connectivity index (χ0v) is 12.1. The summed E-state index contributed by atoms with van der Waals surface area (Å²) in [5.41, 5.74) is 0.971. The molecule has 1 amide bonds. The van der Waals surface area contributed by atoms with Crippen LogP contribution in [0.5, 0.6) is 0 Å². The van der Waals surface area contributed by atoms with E-state index in [1.807, 2.05) is 30.3 Å². The highest BCUT2D eigenvalue weighted by atomic mass is 16.5. The lowest BCUT2D eigenvalue weighted by atomic mass is 10.2. The van der Waals surface area contributed by atoms with Gasteiger partial charge in [-0.15, -0.1) is 0 Å². The van der Waals surface area contributed by atoms with Gasteiger partial charge < -0.3 is 10.1 Å². The monoisotopic (exact) mass is 277 g/mol. The molecule has 0 bridgehead atoms. The van der Waals surface area contributed by atoms with E-state index in [9.17, 15) is 9.59 Å². The van der Waals surface area contributed by atoms with E-state index in [0.29, 0.717) is 26.0 Å². The number of carbonyl (C=O) groups excluding carboxylic acids is 2. The van der Waals surface area contributed by atoms with Crippen molar-refractivity contribution >= 4 is 11.9 Å². The Bertz CT molecular complexity index is 403. The van der Waals surface area contributed by atoms with Crippen LogP contribution in [0.3, 0.4) is 0 Å². The minimum Gasteiger partial charge on any atom is -0.461 e. The summed E-state index contributed by atoms with van der Waals surface area (Å²) >= 11 is 0. The van der Waals surface area contributed by atoms with Gasteiger partial charge >= 0.3 is 5.97 Å². The molecule has 0 radical (unpaired) electrons. The molecular weight excluding hydrogens is 254 g/mol. The molecule has 1 N–H and O–H groups in total. The smallest absolute Gasteiger partial charge is 0.306 e. The van der Waals surface area contributed by atoms with Crippen LogP contribution in [0.4, 0.5) is 0 Å². The number of nitrogens with one attached hydrogen (secondary N) is 1. The summed E-state index contributed by atoms with van der Waals surface area (Å²) in [7, 11) is 0. The molecule has 0 saturated carbocycles. The van der Waals surface area contributed by atoms with Crippen LogP contribution < -0.4 is 5.32 Å². The highest BCUT2D eigenvalue weighted by molar-refractivity contribution is 5.76. The first-order valence-corrected chi connectivity index (χ1v) is 7.18. The molecule has 1 aromatic carbocycles. The second-order valence-corrected chi connectivity index (χ2v) is 4.70. The first-order valence-electron chi connectivity index (χ1n) is 7.18. The van der Waals surface area contributed by atoms with Gasteiger partial charge in [0.1, 0.15) is 6.61 Å². The van der Waals surface area contributed by atoms with Crippen LogP contribution in [0.2, 0.25) is 0 Å². The lowest BCUT2D eigenvalue weighted by Gasteiger charge is -2.05. The molecule has 0 aromatic heterocycles. The average molecular weight is 277 g/mol. The van der Waals surface area contributed by atoms with Crippen molar-refractivity contribution in [3.05, 3.63) is 35.9 Å². The van der Waals surface area contributed by atoms with Gasteiger partial charge in [0.25, 0.3) is 0 Å². The van der Waals surface area contributed by atoms with Crippen molar-refractivity contribution in [2.45, 2.75) is 45.6 Å². The molecule has 1 rings (SSSR count). The third-order valence-corrected chi connectivity index (χ3v) is 2.88. The quantitative estimate of drug-likeness (QED) is 0.558. The number of amides is 1. The largest absolute Gasteiger partial charge is 0.461 e. The van der Waals surface area contributed by atoms with Crippen LogP contribution in [-0.4, -0.2) is 18.4 Å². The van der Waals surface area contributed by atoms with Crippen molar-refractivity contribution in [1.82, 2.24) is 5.32 Å². The van der Waals surface area contributed by atoms with E-state index < -0.39 is 0 Å². The van der Waals surface area contributed by atoms with E-state index >= 15 is 0 Å². The summed E-state index contributed by atoms with van der Waals surface area (Å²) in [5, 5.41) is 2.82. The Morgan fingerprint density at radius 1 is 1.10 bits per heavy atom. The Hall–Kier alpha value is -1.84. The fourth-order valence-electron chi connectivity index (χ4n) is 1.70. The van der Waals surface area contributed by atoms with Gasteiger partial charge in [0.2, 0.25) is 5.91 Å². The van der Waals surface area contributed by atoms with Crippen LogP contribution in [0.15, 0.2) is 30.3 Å². The molecule has 0 aliphatic carbocycles. The van der Waals surface area contributed by atoms with Crippen molar-refractivity contribution < 1.29 is 14.3 Å². The second-order valence-electron chi connectivity index (χ2n) is 4.70. The van der Waals surface area contributed by atoms with E-state index in [0.717, 1.165) is 18.4 Å². The molecule has 0 fully saturated rings. The Kier molecular flexibility index (Phi) is 8.11. The zero-order valence-electron chi connectivity index (χ0n) is 12.1. The Morgan fingerprint density at radius 2 is 1.85 bits per heavy atom. The number of ether oxygens (including phenoxy) is 1. The maximum absolute atomic E-state index is 11.5. The van der Waals surface area contributed by atoms with Crippen molar-refractivity contribution in [2.75, 3.05) is 6.54 Å². The molecule has 20 heavy (non-hydrogen) atoms. The highest BCUT2D eigenvalue weighted by Gasteiger charge is 2.06. The maximum Gasteiger partial charge on any atom is 0.306 e. The van der Waals surface area contributed by atoms with Crippen LogP contribution in [-0.2, 0) is 20.9 Å². The molecular formula is C16H23NO3. The number of esters is 1. The first-order chi connectivity index (χ1) is 9.72. The van der Waals surface area contributed by atoms with Crippen molar-refractivity contribution in [3.63, 3.8) is 0 Å². The van der Waals surface area contributed by atoms with Crippen molar-refractivity contribution in [1.29, 1.82) is 0 Å². The van der Waals surface area contributed by atoms with Crippen molar-refractivity contribution in [3.8, 4) is 0 Å². The van der Waals surface area contributed by atoms with Gasteiger partial charge in [-0.3, -0.25) is 9.59 Å². The van der Waals surface area contributed by atoms with E-state index in [-0.39, 0.29) is 18.3 Å². The maximum atomic E-state index is 11.5. The fourth-order valence-corrected chi connectivity index (χ4v) is 1.70. The molecule has 0 aliphatic rings. The molecule has 1 aromatic rings. The Labute approximate surface area is 120 Å². The molecule has 0 unspecified atom stereocenters. The molecule has 0 aliphatic heterocycles. The average Bonchev–Trinajstić information content (AvgIpc) is 2.46. The third-order valence-electron chi connectivity index (χ3n) is 2.88. The summed E-state index contributed by atoms with van der Waals surface area (Å²) in [6, 6.07) is 9.55.